The maximum Gasteiger partial charge on any atom is 0.244 e. The summed E-state index contributed by atoms with van der Waals surface area (Å²) in [5.74, 6) is 5.91. The molecular formula is C21H24ClNO3S. The Bertz CT molecular complexity index is 887. The molecule has 2 atom stereocenters. The highest BCUT2D eigenvalue weighted by atomic mass is 35.5. The molecule has 0 aliphatic heterocycles. The van der Waals surface area contributed by atoms with E-state index in [1.807, 2.05) is 44.2 Å². The Morgan fingerprint density at radius 1 is 1.11 bits per heavy atom. The number of halogens is 1. The van der Waals surface area contributed by atoms with Gasteiger partial charge in [-0.15, -0.1) is 0 Å². The van der Waals surface area contributed by atoms with Crippen LogP contribution in [0.25, 0.3) is 0 Å². The number of hydrogen-bond donors (Lipinski definition) is 1. The fraction of sp³-hybridized carbons (Fsp3) is 0.333. The van der Waals surface area contributed by atoms with Crippen molar-refractivity contribution in [1.29, 1.82) is 0 Å². The van der Waals surface area contributed by atoms with Crippen LogP contribution in [0.4, 0.5) is 0 Å². The summed E-state index contributed by atoms with van der Waals surface area (Å²) in [6, 6.07) is 14.9. The van der Waals surface area contributed by atoms with Crippen molar-refractivity contribution < 1.29 is 13.5 Å². The second kappa shape index (κ2) is 9.91. The SMILES string of the molecule is CCC(C)C(CO)N(CC#Cc1ccccc1)S(=O)(=O)c1ccc(Cl)cc1. The predicted molar refractivity (Wildman–Crippen MR) is 109 cm³/mol. The van der Waals surface area contributed by atoms with E-state index in [4.69, 9.17) is 11.6 Å². The third-order valence-electron chi connectivity index (χ3n) is 4.52. The van der Waals surface area contributed by atoms with Crippen LogP contribution >= 0.6 is 11.6 Å². The molecule has 0 saturated heterocycles. The summed E-state index contributed by atoms with van der Waals surface area (Å²) in [5.41, 5.74) is 0.811. The molecule has 0 saturated carbocycles. The van der Waals surface area contributed by atoms with Gasteiger partial charge in [-0.3, -0.25) is 0 Å². The molecule has 4 nitrogen and oxygen atoms in total. The average molecular weight is 406 g/mol. The van der Waals surface area contributed by atoms with Gasteiger partial charge in [0, 0.05) is 10.6 Å². The number of hydrogen-bond acceptors (Lipinski definition) is 3. The Labute approximate surface area is 166 Å². The van der Waals surface area contributed by atoms with Gasteiger partial charge in [0.2, 0.25) is 10.0 Å². The minimum absolute atomic E-state index is 0.00454. The van der Waals surface area contributed by atoms with Gasteiger partial charge >= 0.3 is 0 Å². The molecule has 0 heterocycles. The lowest BCUT2D eigenvalue weighted by Gasteiger charge is -2.32. The second-order valence-electron chi connectivity index (χ2n) is 6.31. The monoisotopic (exact) mass is 405 g/mol. The first kappa shape index (κ1) is 21.5. The highest BCUT2D eigenvalue weighted by Gasteiger charge is 2.33. The molecular weight excluding hydrogens is 382 g/mol. The molecule has 2 unspecified atom stereocenters. The maximum absolute atomic E-state index is 13.2. The maximum atomic E-state index is 13.2. The summed E-state index contributed by atoms with van der Waals surface area (Å²) in [6.45, 7) is 3.62. The summed E-state index contributed by atoms with van der Waals surface area (Å²) >= 11 is 5.88. The highest BCUT2D eigenvalue weighted by Crippen LogP contribution is 2.24. The minimum Gasteiger partial charge on any atom is -0.395 e. The standard InChI is InChI=1S/C21H24ClNO3S/c1-3-17(2)21(16-24)23(15-7-10-18-8-5-4-6-9-18)27(25,26)20-13-11-19(22)12-14-20/h4-6,8-9,11-14,17,21,24H,3,15-16H2,1-2H3. The van der Waals surface area contributed by atoms with Gasteiger partial charge in [0.15, 0.2) is 0 Å². The van der Waals surface area contributed by atoms with Gasteiger partial charge in [-0.2, -0.15) is 4.31 Å². The number of benzene rings is 2. The number of aliphatic hydroxyl groups excluding tert-OH is 1. The average Bonchev–Trinajstić information content (AvgIpc) is 2.68. The molecule has 0 spiro atoms. The molecule has 2 aromatic rings. The Morgan fingerprint density at radius 2 is 1.74 bits per heavy atom. The van der Waals surface area contributed by atoms with E-state index in [0.29, 0.717) is 5.02 Å². The van der Waals surface area contributed by atoms with Crippen LogP contribution in [0.15, 0.2) is 59.5 Å². The summed E-state index contributed by atoms with van der Waals surface area (Å²) < 4.78 is 27.7. The largest absolute Gasteiger partial charge is 0.395 e. The smallest absolute Gasteiger partial charge is 0.244 e. The Morgan fingerprint density at radius 3 is 2.30 bits per heavy atom. The Kier molecular flexibility index (Phi) is 7.88. The molecule has 2 aromatic carbocycles. The molecule has 144 valence electrons. The van der Waals surface area contributed by atoms with Crippen molar-refractivity contribution in [2.24, 2.45) is 5.92 Å². The molecule has 1 N–H and O–H groups in total. The topological polar surface area (TPSA) is 57.6 Å². The summed E-state index contributed by atoms with van der Waals surface area (Å²) in [6.07, 6.45) is 0.740. The van der Waals surface area contributed by atoms with E-state index in [9.17, 15) is 13.5 Å². The lowest BCUT2D eigenvalue weighted by atomic mass is 10.00. The molecule has 0 aliphatic carbocycles. The van der Waals surface area contributed by atoms with E-state index >= 15 is 0 Å². The van der Waals surface area contributed by atoms with E-state index in [1.165, 1.54) is 16.4 Å². The van der Waals surface area contributed by atoms with Crippen molar-refractivity contribution in [3.63, 3.8) is 0 Å². The van der Waals surface area contributed by atoms with Gasteiger partial charge in [0.1, 0.15) is 0 Å². The molecule has 0 amide bonds. The van der Waals surface area contributed by atoms with Crippen LogP contribution in [0, 0.1) is 17.8 Å². The Balaban J connectivity index is 2.39. The molecule has 0 radical (unpaired) electrons. The van der Waals surface area contributed by atoms with Crippen molar-refractivity contribution in [3.8, 4) is 11.8 Å². The van der Waals surface area contributed by atoms with Crippen molar-refractivity contribution in [2.45, 2.75) is 31.2 Å². The van der Waals surface area contributed by atoms with E-state index in [-0.39, 0.29) is 24.0 Å². The highest BCUT2D eigenvalue weighted by molar-refractivity contribution is 7.89. The fourth-order valence-electron chi connectivity index (χ4n) is 2.69. The van der Waals surface area contributed by atoms with Crippen molar-refractivity contribution in [3.05, 3.63) is 65.2 Å². The number of sulfonamides is 1. The molecule has 0 aromatic heterocycles. The molecule has 0 fully saturated rings. The van der Waals surface area contributed by atoms with Crippen LogP contribution < -0.4 is 0 Å². The third-order valence-corrected chi connectivity index (χ3v) is 6.66. The zero-order valence-electron chi connectivity index (χ0n) is 15.5. The predicted octanol–water partition coefficient (Wildman–Crippen LogP) is 3.79. The molecule has 6 heteroatoms. The van der Waals surface area contributed by atoms with E-state index in [1.54, 1.807) is 12.1 Å². The quantitative estimate of drug-likeness (QED) is 0.713. The zero-order valence-corrected chi connectivity index (χ0v) is 17.0. The van der Waals surface area contributed by atoms with Crippen LogP contribution in [0.1, 0.15) is 25.8 Å². The molecule has 2 rings (SSSR count). The molecule has 0 aliphatic rings. The lowest BCUT2D eigenvalue weighted by Crippen LogP contribution is -2.46. The van der Waals surface area contributed by atoms with Crippen LogP contribution in [0.2, 0.25) is 5.02 Å². The summed E-state index contributed by atoms with van der Waals surface area (Å²) in [7, 11) is -3.83. The fourth-order valence-corrected chi connectivity index (χ4v) is 4.43. The normalized spacial score (nSPS) is 13.7. The van der Waals surface area contributed by atoms with Crippen LogP contribution in [-0.4, -0.2) is 37.0 Å². The summed E-state index contributed by atoms with van der Waals surface area (Å²) in [5, 5.41) is 10.4. The van der Waals surface area contributed by atoms with E-state index < -0.39 is 16.1 Å². The first-order valence-electron chi connectivity index (χ1n) is 8.82. The van der Waals surface area contributed by atoms with E-state index in [2.05, 4.69) is 11.8 Å². The Hall–Kier alpha value is -1.84. The van der Waals surface area contributed by atoms with Crippen LogP contribution in [0.5, 0.6) is 0 Å². The van der Waals surface area contributed by atoms with Crippen LogP contribution in [-0.2, 0) is 10.0 Å². The first-order chi connectivity index (χ1) is 12.9. The number of rotatable bonds is 7. The number of nitrogens with zero attached hydrogens (tertiary/aromatic N) is 1. The summed E-state index contributed by atoms with van der Waals surface area (Å²) in [4.78, 5) is 0.134. The zero-order chi connectivity index (χ0) is 19.9. The number of aliphatic hydroxyl groups is 1. The van der Waals surface area contributed by atoms with Gasteiger partial charge in [-0.25, -0.2) is 8.42 Å². The lowest BCUT2D eigenvalue weighted by molar-refractivity contribution is 0.151. The molecule has 27 heavy (non-hydrogen) atoms. The minimum atomic E-state index is -3.83. The van der Waals surface area contributed by atoms with Crippen molar-refractivity contribution >= 4 is 21.6 Å². The van der Waals surface area contributed by atoms with Crippen molar-refractivity contribution in [1.82, 2.24) is 4.31 Å². The molecule has 0 bridgehead atoms. The third kappa shape index (κ3) is 5.57. The first-order valence-corrected chi connectivity index (χ1v) is 10.6. The van der Waals surface area contributed by atoms with Crippen molar-refractivity contribution in [2.75, 3.05) is 13.2 Å². The van der Waals surface area contributed by atoms with Gasteiger partial charge in [-0.1, -0.05) is 61.9 Å². The van der Waals surface area contributed by atoms with Gasteiger partial charge in [0.05, 0.1) is 24.1 Å². The van der Waals surface area contributed by atoms with Gasteiger partial charge in [-0.05, 0) is 42.3 Å². The van der Waals surface area contributed by atoms with E-state index in [0.717, 1.165) is 12.0 Å². The van der Waals surface area contributed by atoms with Crippen LogP contribution in [0.3, 0.4) is 0 Å². The van der Waals surface area contributed by atoms with Gasteiger partial charge in [0.25, 0.3) is 0 Å². The second-order valence-corrected chi connectivity index (χ2v) is 8.63. The van der Waals surface area contributed by atoms with Gasteiger partial charge < -0.3 is 5.11 Å².